The van der Waals surface area contributed by atoms with Gasteiger partial charge in [-0.2, -0.15) is 0 Å². The summed E-state index contributed by atoms with van der Waals surface area (Å²) >= 11 is 0. The van der Waals surface area contributed by atoms with Gasteiger partial charge in [-0.3, -0.25) is 4.79 Å². The number of unbranched alkanes of at least 4 members (excludes halogenated alkanes) is 1. The van der Waals surface area contributed by atoms with Gasteiger partial charge in [-0.15, -0.1) is 0 Å². The molecule has 7 nitrogen and oxygen atoms in total. The topological polar surface area (TPSA) is 105 Å². The number of esters is 1. The molecular weight excluding hydrogens is 833 g/mol. The fourth-order valence-corrected chi connectivity index (χ4v) is 12.2. The molecule has 0 aromatic carbocycles. The zero-order chi connectivity index (χ0) is 48.2. The minimum Gasteiger partial charge on any atom is -0.463 e. The molecule has 1 aliphatic heterocycles. The molecule has 14 unspecified atom stereocenters. The molecule has 1 heterocycles. The Balaban J connectivity index is 0.968. The number of ether oxygens (including phenoxy) is 3. The maximum absolute atomic E-state index is 12.6. The first kappa shape index (κ1) is 54.9. The molecule has 0 radical (unpaired) electrons. The van der Waals surface area contributed by atoms with Crippen molar-refractivity contribution in [2.75, 3.05) is 6.61 Å². The third kappa shape index (κ3) is 15.7. The van der Waals surface area contributed by atoms with Crippen LogP contribution >= 0.6 is 0 Å². The normalized spacial score (nSPS) is 34.7. The molecule has 4 fully saturated rings. The van der Waals surface area contributed by atoms with Crippen LogP contribution in [0.5, 0.6) is 0 Å². The van der Waals surface area contributed by atoms with Crippen LogP contribution in [0.1, 0.15) is 164 Å². The van der Waals surface area contributed by atoms with E-state index in [-0.39, 0.29) is 30.5 Å². The minimum atomic E-state index is -1.47. The summed E-state index contributed by atoms with van der Waals surface area (Å²) in [5.74, 6) is 4.42. The first-order valence-corrected chi connectivity index (χ1v) is 26.7. The summed E-state index contributed by atoms with van der Waals surface area (Å²) in [7, 11) is 0. The third-order valence-electron chi connectivity index (χ3n) is 16.7. The van der Waals surface area contributed by atoms with Crippen LogP contribution in [0.4, 0.5) is 0 Å². The number of carbonyl (C=O) groups is 1. The molecule has 1 saturated heterocycles. The maximum Gasteiger partial charge on any atom is 0.305 e. The lowest BCUT2D eigenvalue weighted by Crippen LogP contribution is -2.60. The second-order valence-electron chi connectivity index (χ2n) is 21.5. The standard InChI is InChI=1S/C60H92O7/c1-8-9-10-11-12-13-14-15-16-17-18-19-20-21-22-23-24-25-26-27-28-29-30-31-54(61)65-43-53-55(62)56(63)57(64)58(67-53)66-48-38-40-59(6)47(42-48)34-35-49-51-37-36-50(60(51,7)41-39-52(49)59)46(5)33-32-45(4)44(2)3/h9-10,12-13,15-16,18-19,21-22,24-25,27-28,32-34,44-46,48-53,55-58,62-64H,8,11,14,17,20,23,26,29-31,35-43H2,1-7H3/b10-9-,13-12-,16-15-,19-18-,22-21-,25-24-,28-27-,33-32+. The van der Waals surface area contributed by atoms with E-state index in [9.17, 15) is 20.1 Å². The van der Waals surface area contributed by atoms with Gasteiger partial charge < -0.3 is 29.5 Å². The highest BCUT2D eigenvalue weighted by atomic mass is 16.7. The average molecular weight is 925 g/mol. The Hall–Kier alpha value is -3.07. The second-order valence-corrected chi connectivity index (χ2v) is 21.5. The van der Waals surface area contributed by atoms with Gasteiger partial charge >= 0.3 is 5.97 Å². The van der Waals surface area contributed by atoms with E-state index in [4.69, 9.17) is 14.2 Å². The molecule has 0 amide bonds. The Morgan fingerprint density at radius 1 is 0.731 bits per heavy atom. The molecule has 0 spiro atoms. The van der Waals surface area contributed by atoms with Crippen molar-refractivity contribution < 1.29 is 34.3 Å². The summed E-state index contributed by atoms with van der Waals surface area (Å²) in [4.78, 5) is 12.6. The van der Waals surface area contributed by atoms with Crippen molar-refractivity contribution in [2.24, 2.45) is 52.3 Å². The van der Waals surface area contributed by atoms with Gasteiger partial charge in [-0.05, 0) is 161 Å². The largest absolute Gasteiger partial charge is 0.463 e. The van der Waals surface area contributed by atoms with Gasteiger partial charge in [-0.25, -0.2) is 0 Å². The summed E-state index contributed by atoms with van der Waals surface area (Å²) in [5.41, 5.74) is 2.01. The molecule has 7 heteroatoms. The van der Waals surface area contributed by atoms with Gasteiger partial charge in [0.1, 0.15) is 31.0 Å². The van der Waals surface area contributed by atoms with E-state index >= 15 is 0 Å². The highest BCUT2D eigenvalue weighted by Gasteiger charge is 2.59. The van der Waals surface area contributed by atoms with Crippen molar-refractivity contribution in [1.82, 2.24) is 0 Å². The average Bonchev–Trinajstić information content (AvgIpc) is 3.68. The lowest BCUT2D eigenvalue weighted by molar-refractivity contribution is -0.313. The Labute approximate surface area is 407 Å². The fourth-order valence-electron chi connectivity index (χ4n) is 12.2. The molecule has 4 aliphatic carbocycles. The molecular formula is C60H92O7. The first-order valence-electron chi connectivity index (χ1n) is 26.7. The van der Waals surface area contributed by atoms with E-state index in [1.54, 1.807) is 0 Å². The molecule has 5 aliphatic rings. The fraction of sp³-hybridized carbons (Fsp3) is 0.683. The van der Waals surface area contributed by atoms with Gasteiger partial charge in [0, 0.05) is 6.42 Å². The van der Waals surface area contributed by atoms with Crippen molar-refractivity contribution in [1.29, 1.82) is 0 Å². The summed E-state index contributed by atoms with van der Waals surface area (Å²) < 4.78 is 18.0. The molecule has 3 saturated carbocycles. The minimum absolute atomic E-state index is 0.142. The van der Waals surface area contributed by atoms with Crippen LogP contribution in [-0.4, -0.2) is 64.7 Å². The van der Waals surface area contributed by atoms with Crippen molar-refractivity contribution in [3.63, 3.8) is 0 Å². The van der Waals surface area contributed by atoms with E-state index in [0.717, 1.165) is 94.8 Å². The molecule has 374 valence electrons. The Morgan fingerprint density at radius 3 is 1.93 bits per heavy atom. The monoisotopic (exact) mass is 925 g/mol. The number of hydrogen-bond donors (Lipinski definition) is 3. The van der Waals surface area contributed by atoms with Gasteiger partial charge in [0.2, 0.25) is 0 Å². The van der Waals surface area contributed by atoms with Gasteiger partial charge in [0.25, 0.3) is 0 Å². The van der Waals surface area contributed by atoms with Gasteiger partial charge in [0.05, 0.1) is 6.10 Å². The number of allylic oxidation sites excluding steroid dienone is 17. The molecule has 0 bridgehead atoms. The third-order valence-corrected chi connectivity index (χ3v) is 16.7. The lowest BCUT2D eigenvalue weighted by atomic mass is 9.47. The van der Waals surface area contributed by atoms with Crippen LogP contribution in [0.15, 0.2) is 109 Å². The molecule has 3 N–H and O–H groups in total. The number of fused-ring (bicyclic) bond motifs is 5. The van der Waals surface area contributed by atoms with E-state index in [2.05, 4.69) is 152 Å². The Kier molecular flexibility index (Phi) is 22.9. The van der Waals surface area contributed by atoms with Crippen molar-refractivity contribution in [3.05, 3.63) is 109 Å². The summed E-state index contributed by atoms with van der Waals surface area (Å²) in [6.07, 6.45) is 49.0. The van der Waals surface area contributed by atoms with Gasteiger partial charge in [0.15, 0.2) is 6.29 Å². The van der Waals surface area contributed by atoms with E-state index in [1.165, 1.54) is 31.3 Å². The number of hydrogen-bond acceptors (Lipinski definition) is 7. The smallest absolute Gasteiger partial charge is 0.305 e. The predicted octanol–water partition coefficient (Wildman–Crippen LogP) is 13.6. The molecule has 0 aromatic rings. The van der Waals surface area contributed by atoms with Crippen LogP contribution < -0.4 is 0 Å². The highest BCUT2D eigenvalue weighted by Crippen LogP contribution is 2.67. The van der Waals surface area contributed by atoms with Crippen LogP contribution in [0, 0.1) is 52.3 Å². The summed E-state index contributed by atoms with van der Waals surface area (Å²) in [5, 5.41) is 32.6. The molecule has 5 rings (SSSR count). The first-order chi connectivity index (χ1) is 32.3. The van der Waals surface area contributed by atoms with Crippen LogP contribution in [0.3, 0.4) is 0 Å². The summed E-state index contributed by atoms with van der Waals surface area (Å²) in [6.45, 7) is 16.5. The van der Waals surface area contributed by atoms with E-state index in [0.29, 0.717) is 35.5 Å². The van der Waals surface area contributed by atoms with Gasteiger partial charge in [-0.1, -0.05) is 157 Å². The number of aliphatic hydroxyl groups excluding tert-OH is 3. The van der Waals surface area contributed by atoms with E-state index in [1.807, 2.05) is 0 Å². The van der Waals surface area contributed by atoms with Crippen molar-refractivity contribution in [3.8, 4) is 0 Å². The van der Waals surface area contributed by atoms with Crippen molar-refractivity contribution in [2.45, 2.75) is 201 Å². The second kappa shape index (κ2) is 27.9. The summed E-state index contributed by atoms with van der Waals surface area (Å²) in [6, 6.07) is 0. The predicted molar refractivity (Wildman–Crippen MR) is 276 cm³/mol. The molecule has 0 aromatic heterocycles. The lowest BCUT2D eigenvalue weighted by Gasteiger charge is -2.58. The van der Waals surface area contributed by atoms with Crippen LogP contribution in [0.2, 0.25) is 0 Å². The number of carbonyl (C=O) groups excluding carboxylic acids is 1. The maximum atomic E-state index is 12.6. The van der Waals surface area contributed by atoms with Crippen LogP contribution in [-0.2, 0) is 19.0 Å². The SMILES string of the molecule is CC/C=C\C/C=C\C/C=C\C/C=C\C/C=C\C/C=C\C/C=C\CCCC(=O)OCC1OC(OC2CCC3(C)C(=CCC4C3CCC3(C)C(C(C)/C=C/C(C)C(C)C)CCC43)C2)C(O)C(O)C1O. The molecule has 14 atom stereocenters. The Morgan fingerprint density at radius 2 is 1.33 bits per heavy atom. The highest BCUT2D eigenvalue weighted by molar-refractivity contribution is 5.69. The number of rotatable bonds is 25. The van der Waals surface area contributed by atoms with E-state index < -0.39 is 30.7 Å². The molecule has 67 heavy (non-hydrogen) atoms. The Bertz CT molecular complexity index is 1760. The number of aliphatic hydroxyl groups is 3. The zero-order valence-electron chi connectivity index (χ0n) is 42.7. The van der Waals surface area contributed by atoms with Crippen LogP contribution in [0.25, 0.3) is 0 Å². The quantitative estimate of drug-likeness (QED) is 0.0476. The zero-order valence-corrected chi connectivity index (χ0v) is 42.7. The van der Waals surface area contributed by atoms with Crippen molar-refractivity contribution >= 4 is 5.97 Å².